The largest absolute Gasteiger partial charge is 0.402 e. The average Bonchev–Trinajstić information content (AvgIpc) is 2.14. The molecule has 0 saturated carbocycles. The van der Waals surface area contributed by atoms with Gasteiger partial charge in [0.1, 0.15) is 11.1 Å². The van der Waals surface area contributed by atoms with Gasteiger partial charge in [-0.05, 0) is 6.08 Å². The minimum absolute atomic E-state index is 0.0371. The van der Waals surface area contributed by atoms with Crippen LogP contribution < -0.4 is 34.4 Å². The topological polar surface area (TPSA) is 207 Å². The standard InChI is InChI=1S/C9H16N6O3/c10-3-1-8(14,6(12)17)4(5(11)16)9(15,2-3)7(13)18/h1,4H,2,10,14-15H2,(H2,11,16)(H2,12,17)(H2,13,18). The molecule has 0 fully saturated rings. The number of hydrogen-bond acceptors (Lipinski definition) is 6. The lowest BCUT2D eigenvalue weighted by Crippen LogP contribution is -2.74. The van der Waals surface area contributed by atoms with Gasteiger partial charge in [0.05, 0.1) is 5.92 Å². The van der Waals surface area contributed by atoms with Gasteiger partial charge in [0.15, 0.2) is 0 Å². The van der Waals surface area contributed by atoms with Gasteiger partial charge >= 0.3 is 0 Å². The minimum Gasteiger partial charge on any atom is -0.402 e. The SMILES string of the molecule is NC(=O)C1C(N)(C(N)=O)C=C(N)CC1(N)C(N)=O. The van der Waals surface area contributed by atoms with E-state index in [1.807, 2.05) is 0 Å². The Balaban J connectivity index is 3.53. The first kappa shape index (κ1) is 13.9. The molecule has 3 amide bonds. The van der Waals surface area contributed by atoms with E-state index in [0.717, 1.165) is 6.08 Å². The van der Waals surface area contributed by atoms with Gasteiger partial charge in [0.2, 0.25) is 17.7 Å². The van der Waals surface area contributed by atoms with Gasteiger partial charge in [0.25, 0.3) is 0 Å². The summed E-state index contributed by atoms with van der Waals surface area (Å²) in [7, 11) is 0. The molecule has 0 aliphatic heterocycles. The minimum atomic E-state index is -2.04. The Hall–Kier alpha value is -2.13. The van der Waals surface area contributed by atoms with Crippen LogP contribution in [0.15, 0.2) is 11.8 Å². The van der Waals surface area contributed by atoms with Gasteiger partial charge in [-0.15, -0.1) is 0 Å². The Morgan fingerprint density at radius 2 is 1.61 bits per heavy atom. The van der Waals surface area contributed by atoms with Crippen molar-refractivity contribution in [1.82, 2.24) is 0 Å². The molecule has 1 aliphatic carbocycles. The van der Waals surface area contributed by atoms with E-state index < -0.39 is 34.7 Å². The monoisotopic (exact) mass is 256 g/mol. The van der Waals surface area contributed by atoms with Crippen LogP contribution in [-0.2, 0) is 14.4 Å². The fourth-order valence-electron chi connectivity index (χ4n) is 2.24. The molecule has 1 rings (SSSR count). The highest BCUT2D eigenvalue weighted by Gasteiger charge is 2.58. The van der Waals surface area contributed by atoms with Crippen molar-refractivity contribution >= 4 is 17.7 Å². The normalized spacial score (nSPS) is 35.7. The predicted molar refractivity (Wildman–Crippen MR) is 61.8 cm³/mol. The maximum absolute atomic E-state index is 11.5. The van der Waals surface area contributed by atoms with Crippen molar-refractivity contribution in [2.75, 3.05) is 0 Å². The third-order valence-corrected chi connectivity index (χ3v) is 3.08. The van der Waals surface area contributed by atoms with E-state index in [9.17, 15) is 14.4 Å². The summed E-state index contributed by atoms with van der Waals surface area (Å²) in [6.45, 7) is 0. The zero-order chi connectivity index (χ0) is 14.3. The molecule has 0 aromatic carbocycles. The number of nitrogens with two attached hydrogens (primary N) is 6. The first-order chi connectivity index (χ1) is 8.05. The Kier molecular flexibility index (Phi) is 3.07. The quantitative estimate of drug-likeness (QED) is 0.294. The second-order valence-electron chi connectivity index (χ2n) is 4.43. The second-order valence-corrected chi connectivity index (χ2v) is 4.43. The van der Waals surface area contributed by atoms with Crippen molar-refractivity contribution in [3.05, 3.63) is 11.8 Å². The molecule has 0 aromatic rings. The molecule has 0 radical (unpaired) electrons. The molecule has 0 bridgehead atoms. The Labute approximate surface area is 102 Å². The van der Waals surface area contributed by atoms with E-state index in [2.05, 4.69) is 0 Å². The van der Waals surface area contributed by atoms with Gasteiger partial charge in [-0.3, -0.25) is 14.4 Å². The molecule has 0 heterocycles. The van der Waals surface area contributed by atoms with Crippen molar-refractivity contribution in [3.8, 4) is 0 Å². The summed E-state index contributed by atoms with van der Waals surface area (Å²) in [6.07, 6.45) is 0.848. The zero-order valence-electron chi connectivity index (χ0n) is 9.55. The molecular weight excluding hydrogens is 240 g/mol. The van der Waals surface area contributed by atoms with Crippen LogP contribution in [0.4, 0.5) is 0 Å². The molecule has 3 atom stereocenters. The molecule has 1 aliphatic rings. The fourth-order valence-corrected chi connectivity index (χ4v) is 2.24. The summed E-state index contributed by atoms with van der Waals surface area (Å²) in [5.74, 6) is -4.74. The van der Waals surface area contributed by atoms with Crippen molar-refractivity contribution in [3.63, 3.8) is 0 Å². The molecule has 9 nitrogen and oxygen atoms in total. The summed E-state index contributed by atoms with van der Waals surface area (Å²) >= 11 is 0. The number of carbonyl (C=O) groups is 3. The van der Waals surface area contributed by atoms with Gasteiger partial charge < -0.3 is 34.4 Å². The smallest absolute Gasteiger partial charge is 0.242 e. The van der Waals surface area contributed by atoms with Gasteiger partial charge in [0, 0.05) is 12.1 Å². The summed E-state index contributed by atoms with van der Waals surface area (Å²) in [4.78, 5) is 34.4. The molecule has 0 saturated heterocycles. The summed E-state index contributed by atoms with van der Waals surface area (Å²) in [5.41, 5.74) is 28.5. The zero-order valence-corrected chi connectivity index (χ0v) is 9.55. The molecule has 18 heavy (non-hydrogen) atoms. The van der Waals surface area contributed by atoms with Gasteiger partial charge in [-0.2, -0.15) is 0 Å². The van der Waals surface area contributed by atoms with Crippen LogP contribution >= 0.6 is 0 Å². The van der Waals surface area contributed by atoms with E-state index in [1.165, 1.54) is 0 Å². The highest BCUT2D eigenvalue weighted by atomic mass is 16.2. The van der Waals surface area contributed by atoms with Crippen molar-refractivity contribution in [2.24, 2.45) is 40.3 Å². The molecule has 3 unspecified atom stereocenters. The lowest BCUT2D eigenvalue weighted by atomic mass is 9.64. The highest BCUT2D eigenvalue weighted by Crippen LogP contribution is 2.35. The van der Waals surface area contributed by atoms with Crippen molar-refractivity contribution in [2.45, 2.75) is 17.5 Å². The van der Waals surface area contributed by atoms with E-state index >= 15 is 0 Å². The van der Waals surface area contributed by atoms with Crippen LogP contribution in [0.1, 0.15) is 6.42 Å². The van der Waals surface area contributed by atoms with Crippen LogP contribution in [-0.4, -0.2) is 28.8 Å². The van der Waals surface area contributed by atoms with E-state index in [-0.39, 0.29) is 12.1 Å². The summed E-state index contributed by atoms with van der Waals surface area (Å²) in [5, 5.41) is 0. The first-order valence-corrected chi connectivity index (χ1v) is 4.99. The average molecular weight is 256 g/mol. The maximum Gasteiger partial charge on any atom is 0.242 e. The third-order valence-electron chi connectivity index (χ3n) is 3.08. The third kappa shape index (κ3) is 1.79. The molecule has 12 N–H and O–H groups in total. The molecule has 0 spiro atoms. The lowest BCUT2D eigenvalue weighted by Gasteiger charge is -2.44. The number of amides is 3. The molecule has 0 aromatic heterocycles. The van der Waals surface area contributed by atoms with Crippen LogP contribution in [0, 0.1) is 5.92 Å². The summed E-state index contributed by atoms with van der Waals surface area (Å²) in [6, 6.07) is 0. The Bertz CT molecular complexity index is 461. The first-order valence-electron chi connectivity index (χ1n) is 4.99. The van der Waals surface area contributed by atoms with Crippen LogP contribution in [0.3, 0.4) is 0 Å². The van der Waals surface area contributed by atoms with Crippen molar-refractivity contribution < 1.29 is 14.4 Å². The van der Waals surface area contributed by atoms with Crippen LogP contribution in [0.5, 0.6) is 0 Å². The molecule has 9 heteroatoms. The van der Waals surface area contributed by atoms with E-state index in [1.54, 1.807) is 0 Å². The lowest BCUT2D eigenvalue weighted by molar-refractivity contribution is -0.139. The fraction of sp³-hybridized carbons (Fsp3) is 0.444. The predicted octanol–water partition coefficient (Wildman–Crippen LogP) is -4.30. The van der Waals surface area contributed by atoms with Crippen molar-refractivity contribution in [1.29, 1.82) is 0 Å². The highest BCUT2D eigenvalue weighted by molar-refractivity contribution is 6.01. The number of carbonyl (C=O) groups excluding carboxylic acids is 3. The van der Waals surface area contributed by atoms with Crippen LogP contribution in [0.2, 0.25) is 0 Å². The Morgan fingerprint density at radius 1 is 1.11 bits per heavy atom. The van der Waals surface area contributed by atoms with E-state index in [0.29, 0.717) is 0 Å². The van der Waals surface area contributed by atoms with Crippen LogP contribution in [0.25, 0.3) is 0 Å². The second kappa shape index (κ2) is 3.96. The molecule has 100 valence electrons. The number of rotatable bonds is 3. The molecular formula is C9H16N6O3. The summed E-state index contributed by atoms with van der Waals surface area (Å²) < 4.78 is 0. The van der Waals surface area contributed by atoms with Gasteiger partial charge in [-0.1, -0.05) is 0 Å². The Morgan fingerprint density at radius 3 is 1.94 bits per heavy atom. The van der Waals surface area contributed by atoms with E-state index in [4.69, 9.17) is 34.4 Å². The number of primary amides is 3. The van der Waals surface area contributed by atoms with Gasteiger partial charge in [-0.25, -0.2) is 0 Å². The maximum atomic E-state index is 11.5. The number of hydrogen-bond donors (Lipinski definition) is 6.